The summed E-state index contributed by atoms with van der Waals surface area (Å²) in [4.78, 5) is 11.6. The topological polar surface area (TPSA) is 17.1 Å². The monoisotopic (exact) mass is 216 g/mol. The normalized spacial score (nSPS) is 15.1. The predicted molar refractivity (Wildman–Crippen MR) is 66.5 cm³/mol. The highest BCUT2D eigenvalue weighted by molar-refractivity contribution is 5.83. The van der Waals surface area contributed by atoms with E-state index in [-0.39, 0.29) is 0 Å². The van der Waals surface area contributed by atoms with Crippen LogP contribution in [0.5, 0.6) is 0 Å². The second-order valence-electron chi connectivity index (χ2n) is 4.81. The molecular formula is C15H20O. The maximum Gasteiger partial charge on any atom is 0.136 e. The number of benzene rings is 1. The zero-order valence-corrected chi connectivity index (χ0v) is 10.0. The molecule has 0 N–H and O–H groups in total. The minimum atomic E-state index is 0.416. The molecule has 1 aliphatic carbocycles. The van der Waals surface area contributed by atoms with E-state index in [4.69, 9.17) is 0 Å². The molecule has 0 spiro atoms. The molecule has 0 atom stereocenters. The second-order valence-corrected chi connectivity index (χ2v) is 4.81. The van der Waals surface area contributed by atoms with E-state index in [9.17, 15) is 4.79 Å². The molecule has 0 amide bonds. The van der Waals surface area contributed by atoms with E-state index in [1.807, 2.05) is 0 Å². The molecule has 16 heavy (non-hydrogen) atoms. The minimum Gasteiger partial charge on any atom is -0.299 e. The molecule has 0 bridgehead atoms. The number of rotatable bonds is 6. The van der Waals surface area contributed by atoms with Crippen LogP contribution in [0.1, 0.15) is 43.7 Å². The Morgan fingerprint density at radius 3 is 2.56 bits per heavy atom. The first-order chi connectivity index (χ1) is 7.79. The van der Waals surface area contributed by atoms with E-state index < -0.39 is 0 Å². The van der Waals surface area contributed by atoms with Gasteiger partial charge in [0.2, 0.25) is 0 Å². The van der Waals surface area contributed by atoms with Gasteiger partial charge in [-0.2, -0.15) is 0 Å². The number of aryl methyl sites for hydroxylation is 2. The van der Waals surface area contributed by atoms with E-state index in [2.05, 4.69) is 31.2 Å². The number of hydrogen-bond acceptors (Lipinski definition) is 1. The lowest BCUT2D eigenvalue weighted by atomic mass is 10.0. The first kappa shape index (κ1) is 11.4. The Bertz CT molecular complexity index is 363. The SMILES string of the molecule is CCCc1cccc(CCC(=O)C2CC2)c1. The van der Waals surface area contributed by atoms with Gasteiger partial charge in [-0.15, -0.1) is 0 Å². The van der Waals surface area contributed by atoms with Crippen LogP contribution in [0.15, 0.2) is 24.3 Å². The van der Waals surface area contributed by atoms with Gasteiger partial charge in [0.25, 0.3) is 0 Å². The first-order valence-electron chi connectivity index (χ1n) is 6.40. The van der Waals surface area contributed by atoms with Gasteiger partial charge in [0.15, 0.2) is 0 Å². The third kappa shape index (κ3) is 3.19. The maximum absolute atomic E-state index is 11.6. The summed E-state index contributed by atoms with van der Waals surface area (Å²) < 4.78 is 0. The Morgan fingerprint density at radius 2 is 1.94 bits per heavy atom. The summed E-state index contributed by atoms with van der Waals surface area (Å²) in [7, 11) is 0. The summed E-state index contributed by atoms with van der Waals surface area (Å²) in [5, 5.41) is 0. The van der Waals surface area contributed by atoms with E-state index in [1.165, 1.54) is 17.5 Å². The lowest BCUT2D eigenvalue weighted by molar-refractivity contribution is -0.120. The van der Waals surface area contributed by atoms with E-state index in [1.54, 1.807) is 0 Å². The highest BCUT2D eigenvalue weighted by atomic mass is 16.1. The van der Waals surface area contributed by atoms with Gasteiger partial charge in [-0.3, -0.25) is 4.79 Å². The molecule has 1 aromatic rings. The molecule has 1 fully saturated rings. The molecule has 1 heteroatoms. The largest absolute Gasteiger partial charge is 0.299 e. The summed E-state index contributed by atoms with van der Waals surface area (Å²) >= 11 is 0. The molecule has 1 nitrogen and oxygen atoms in total. The minimum absolute atomic E-state index is 0.416. The maximum atomic E-state index is 11.6. The standard InChI is InChI=1S/C15H20O/c1-2-4-12-5-3-6-13(11-12)7-10-15(16)14-8-9-14/h3,5-6,11,14H,2,4,7-10H2,1H3. The summed E-state index contributed by atoms with van der Waals surface area (Å²) in [5.41, 5.74) is 2.72. The Morgan fingerprint density at radius 1 is 1.25 bits per heavy atom. The van der Waals surface area contributed by atoms with Crippen LogP contribution >= 0.6 is 0 Å². The quantitative estimate of drug-likeness (QED) is 0.710. The number of ketones is 1. The third-order valence-corrected chi connectivity index (χ3v) is 3.22. The lowest BCUT2D eigenvalue weighted by Crippen LogP contribution is -2.02. The molecule has 0 aromatic heterocycles. The average Bonchev–Trinajstić information content (AvgIpc) is 3.11. The molecule has 1 aromatic carbocycles. The van der Waals surface area contributed by atoms with Gasteiger partial charge < -0.3 is 0 Å². The summed E-state index contributed by atoms with van der Waals surface area (Å²) in [6.07, 6.45) is 6.26. The van der Waals surface area contributed by atoms with Crippen LogP contribution in [0.3, 0.4) is 0 Å². The van der Waals surface area contributed by atoms with Gasteiger partial charge >= 0.3 is 0 Å². The van der Waals surface area contributed by atoms with Crippen LogP contribution in [0.25, 0.3) is 0 Å². The van der Waals surface area contributed by atoms with Crippen LogP contribution < -0.4 is 0 Å². The fraction of sp³-hybridized carbons (Fsp3) is 0.533. The van der Waals surface area contributed by atoms with Crippen molar-refractivity contribution in [3.63, 3.8) is 0 Å². The highest BCUT2D eigenvalue weighted by Crippen LogP contribution is 2.31. The molecule has 86 valence electrons. The average molecular weight is 216 g/mol. The van der Waals surface area contributed by atoms with E-state index in [0.717, 1.165) is 32.1 Å². The van der Waals surface area contributed by atoms with Crippen molar-refractivity contribution < 1.29 is 4.79 Å². The molecule has 0 saturated heterocycles. The second kappa shape index (κ2) is 5.29. The zero-order chi connectivity index (χ0) is 11.4. The van der Waals surface area contributed by atoms with Crippen molar-refractivity contribution in [2.24, 2.45) is 5.92 Å². The Kier molecular flexibility index (Phi) is 3.76. The van der Waals surface area contributed by atoms with Gasteiger partial charge in [0, 0.05) is 12.3 Å². The number of carbonyl (C=O) groups excluding carboxylic acids is 1. The summed E-state index contributed by atoms with van der Waals surface area (Å²) in [6, 6.07) is 8.68. The van der Waals surface area contributed by atoms with Crippen LogP contribution in [0.4, 0.5) is 0 Å². The molecule has 0 radical (unpaired) electrons. The number of carbonyl (C=O) groups is 1. The third-order valence-electron chi connectivity index (χ3n) is 3.22. The van der Waals surface area contributed by atoms with Crippen LogP contribution in [-0.4, -0.2) is 5.78 Å². The van der Waals surface area contributed by atoms with Crippen molar-refractivity contribution in [3.05, 3.63) is 35.4 Å². The Hall–Kier alpha value is -1.11. The highest BCUT2D eigenvalue weighted by Gasteiger charge is 2.28. The Labute approximate surface area is 97.9 Å². The molecule has 0 heterocycles. The number of Topliss-reactive ketones (excluding diaryl/α,β-unsaturated/α-hetero) is 1. The molecule has 1 aliphatic rings. The lowest BCUT2D eigenvalue weighted by Gasteiger charge is -2.04. The van der Waals surface area contributed by atoms with Gasteiger partial charge in [-0.05, 0) is 36.8 Å². The van der Waals surface area contributed by atoms with Crippen LogP contribution in [0, 0.1) is 5.92 Å². The smallest absolute Gasteiger partial charge is 0.136 e. The summed E-state index contributed by atoms with van der Waals surface area (Å²) in [5.74, 6) is 0.889. The van der Waals surface area contributed by atoms with Gasteiger partial charge in [0.1, 0.15) is 5.78 Å². The predicted octanol–water partition coefficient (Wildman–Crippen LogP) is 3.55. The van der Waals surface area contributed by atoms with Crippen molar-refractivity contribution in [3.8, 4) is 0 Å². The fourth-order valence-electron chi connectivity index (χ4n) is 2.11. The molecule has 2 rings (SSSR count). The molecule has 1 saturated carbocycles. The van der Waals surface area contributed by atoms with E-state index >= 15 is 0 Å². The van der Waals surface area contributed by atoms with Gasteiger partial charge in [0.05, 0.1) is 0 Å². The zero-order valence-electron chi connectivity index (χ0n) is 10.0. The van der Waals surface area contributed by atoms with E-state index in [0.29, 0.717) is 11.7 Å². The number of hydrogen-bond donors (Lipinski definition) is 0. The Balaban J connectivity index is 1.87. The molecule has 0 unspecified atom stereocenters. The van der Waals surface area contributed by atoms with Crippen molar-refractivity contribution >= 4 is 5.78 Å². The van der Waals surface area contributed by atoms with Crippen molar-refractivity contribution in [1.82, 2.24) is 0 Å². The first-order valence-corrected chi connectivity index (χ1v) is 6.40. The van der Waals surface area contributed by atoms with Crippen molar-refractivity contribution in [2.45, 2.75) is 45.4 Å². The molecular weight excluding hydrogens is 196 g/mol. The van der Waals surface area contributed by atoms with Crippen molar-refractivity contribution in [1.29, 1.82) is 0 Å². The van der Waals surface area contributed by atoms with Gasteiger partial charge in [-0.25, -0.2) is 0 Å². The van der Waals surface area contributed by atoms with Gasteiger partial charge in [-0.1, -0.05) is 37.6 Å². The van der Waals surface area contributed by atoms with Crippen LogP contribution in [0.2, 0.25) is 0 Å². The molecule has 0 aliphatic heterocycles. The fourth-order valence-corrected chi connectivity index (χ4v) is 2.11. The summed E-state index contributed by atoms with van der Waals surface area (Å²) in [6.45, 7) is 2.20. The van der Waals surface area contributed by atoms with Crippen LogP contribution in [-0.2, 0) is 17.6 Å². The van der Waals surface area contributed by atoms with Crippen molar-refractivity contribution in [2.75, 3.05) is 0 Å².